The van der Waals surface area contributed by atoms with Crippen LogP contribution in [0.5, 0.6) is 11.5 Å². The molecule has 2 atom stereocenters. The highest BCUT2D eigenvalue weighted by atomic mass is 16.7. The second-order valence-electron chi connectivity index (χ2n) is 6.23. The van der Waals surface area contributed by atoms with Gasteiger partial charge >= 0.3 is 0 Å². The van der Waals surface area contributed by atoms with E-state index in [0.29, 0.717) is 6.54 Å². The summed E-state index contributed by atoms with van der Waals surface area (Å²) < 4.78 is 12.8. The number of ether oxygens (including phenoxy) is 2. The van der Waals surface area contributed by atoms with Crippen LogP contribution in [-0.2, 0) is 6.54 Å². The lowest BCUT2D eigenvalue weighted by Crippen LogP contribution is -2.33. The molecule has 7 heteroatoms. The first-order valence-corrected chi connectivity index (χ1v) is 8.37. The van der Waals surface area contributed by atoms with Gasteiger partial charge in [0.25, 0.3) is 0 Å². The van der Waals surface area contributed by atoms with Crippen LogP contribution in [0, 0.1) is 0 Å². The number of rotatable bonds is 6. The van der Waals surface area contributed by atoms with Crippen LogP contribution in [-0.4, -0.2) is 32.8 Å². The van der Waals surface area contributed by atoms with Crippen LogP contribution in [0.2, 0.25) is 0 Å². The van der Waals surface area contributed by atoms with Crippen molar-refractivity contribution in [1.29, 1.82) is 0 Å². The fraction of sp³-hybridized carbons (Fsp3) is 0.333. The van der Waals surface area contributed by atoms with Crippen LogP contribution in [0.1, 0.15) is 25.5 Å². The quantitative estimate of drug-likeness (QED) is 0.722. The Morgan fingerprint density at radius 2 is 2.16 bits per heavy atom. The van der Waals surface area contributed by atoms with Gasteiger partial charge in [-0.2, -0.15) is 10.2 Å². The molecule has 0 bridgehead atoms. The standard InChI is InChI=1S/C18H21N5O2/c1-12(13(2)23-7-3-6-21-23)19-9-15-10-20-22-18(15)14-4-5-16-17(8-14)25-11-24-16/h3-8,10,12-13,19H,9,11H2,1-2H3,(H,20,22). The summed E-state index contributed by atoms with van der Waals surface area (Å²) in [6, 6.07) is 8.39. The molecular weight excluding hydrogens is 318 g/mol. The maximum Gasteiger partial charge on any atom is 0.231 e. The first-order chi connectivity index (χ1) is 12.2. The lowest BCUT2D eigenvalue weighted by atomic mass is 10.1. The van der Waals surface area contributed by atoms with Gasteiger partial charge in [0, 0.05) is 36.1 Å². The van der Waals surface area contributed by atoms with E-state index in [1.54, 1.807) is 6.20 Å². The third-order valence-corrected chi connectivity index (χ3v) is 4.66. The normalized spacial score (nSPS) is 15.3. The number of fused-ring (bicyclic) bond motifs is 1. The first-order valence-electron chi connectivity index (χ1n) is 8.37. The van der Waals surface area contributed by atoms with Crippen molar-refractivity contribution in [3.8, 4) is 22.8 Å². The van der Waals surface area contributed by atoms with E-state index in [9.17, 15) is 0 Å². The summed E-state index contributed by atoms with van der Waals surface area (Å²) in [6.07, 6.45) is 5.65. The summed E-state index contributed by atoms with van der Waals surface area (Å²) in [5.41, 5.74) is 3.13. The van der Waals surface area contributed by atoms with Gasteiger partial charge in [-0.15, -0.1) is 0 Å². The van der Waals surface area contributed by atoms with Crippen molar-refractivity contribution in [2.75, 3.05) is 6.79 Å². The number of hydrogen-bond acceptors (Lipinski definition) is 5. The predicted molar refractivity (Wildman–Crippen MR) is 93.4 cm³/mol. The minimum Gasteiger partial charge on any atom is -0.454 e. The molecule has 0 fully saturated rings. The van der Waals surface area contributed by atoms with Crippen molar-refractivity contribution in [1.82, 2.24) is 25.3 Å². The van der Waals surface area contributed by atoms with Crippen LogP contribution < -0.4 is 14.8 Å². The van der Waals surface area contributed by atoms with E-state index >= 15 is 0 Å². The molecule has 0 saturated heterocycles. The van der Waals surface area contributed by atoms with E-state index < -0.39 is 0 Å². The van der Waals surface area contributed by atoms with Gasteiger partial charge in [0.2, 0.25) is 6.79 Å². The zero-order valence-corrected chi connectivity index (χ0v) is 14.3. The molecule has 2 unspecified atom stereocenters. The van der Waals surface area contributed by atoms with Gasteiger partial charge in [-0.25, -0.2) is 0 Å². The highest BCUT2D eigenvalue weighted by Crippen LogP contribution is 2.36. The molecule has 1 aromatic carbocycles. The maximum atomic E-state index is 5.47. The van der Waals surface area contributed by atoms with Gasteiger partial charge in [-0.05, 0) is 38.1 Å². The minimum absolute atomic E-state index is 0.260. The Balaban J connectivity index is 1.47. The third-order valence-electron chi connectivity index (χ3n) is 4.66. The average molecular weight is 339 g/mol. The highest BCUT2D eigenvalue weighted by molar-refractivity contribution is 5.66. The number of nitrogens with one attached hydrogen (secondary N) is 2. The van der Waals surface area contributed by atoms with Gasteiger partial charge < -0.3 is 14.8 Å². The summed E-state index contributed by atoms with van der Waals surface area (Å²) in [4.78, 5) is 0. The summed E-state index contributed by atoms with van der Waals surface area (Å²) in [7, 11) is 0. The van der Waals surface area contributed by atoms with E-state index in [4.69, 9.17) is 9.47 Å². The van der Waals surface area contributed by atoms with E-state index in [1.165, 1.54) is 0 Å². The second kappa shape index (κ2) is 6.60. The fourth-order valence-electron chi connectivity index (χ4n) is 2.94. The van der Waals surface area contributed by atoms with Gasteiger partial charge in [-0.1, -0.05) is 0 Å². The van der Waals surface area contributed by atoms with Crippen LogP contribution >= 0.6 is 0 Å². The minimum atomic E-state index is 0.260. The molecule has 3 heterocycles. The Kier molecular flexibility index (Phi) is 4.15. The molecule has 7 nitrogen and oxygen atoms in total. The number of hydrogen-bond donors (Lipinski definition) is 2. The molecule has 0 saturated carbocycles. The van der Waals surface area contributed by atoms with Crippen LogP contribution in [0.15, 0.2) is 42.9 Å². The molecular formula is C18H21N5O2. The summed E-state index contributed by atoms with van der Waals surface area (Å²) in [5, 5.41) is 15.2. The molecule has 130 valence electrons. The molecule has 0 aliphatic carbocycles. The number of benzene rings is 1. The molecule has 3 aromatic rings. The van der Waals surface area contributed by atoms with E-state index in [2.05, 4.69) is 34.5 Å². The van der Waals surface area contributed by atoms with Gasteiger partial charge in [0.1, 0.15) is 0 Å². The van der Waals surface area contributed by atoms with Gasteiger partial charge in [0.05, 0.1) is 17.9 Å². The number of aromatic amines is 1. The Morgan fingerprint density at radius 3 is 3.00 bits per heavy atom. The fourth-order valence-corrected chi connectivity index (χ4v) is 2.94. The molecule has 1 aliphatic rings. The first kappa shape index (κ1) is 15.7. The second-order valence-corrected chi connectivity index (χ2v) is 6.23. The molecule has 0 spiro atoms. The monoisotopic (exact) mass is 339 g/mol. The van der Waals surface area contributed by atoms with Crippen LogP contribution in [0.3, 0.4) is 0 Å². The highest BCUT2D eigenvalue weighted by Gasteiger charge is 2.18. The summed E-state index contributed by atoms with van der Waals surface area (Å²) >= 11 is 0. The topological polar surface area (TPSA) is 77.0 Å². The van der Waals surface area contributed by atoms with Crippen molar-refractivity contribution in [2.45, 2.75) is 32.5 Å². The molecule has 2 N–H and O–H groups in total. The van der Waals surface area contributed by atoms with Gasteiger partial charge in [0.15, 0.2) is 11.5 Å². The van der Waals surface area contributed by atoms with Crippen LogP contribution in [0.4, 0.5) is 0 Å². The number of aromatic nitrogens is 4. The lowest BCUT2D eigenvalue weighted by Gasteiger charge is -2.21. The van der Waals surface area contributed by atoms with E-state index in [0.717, 1.165) is 28.3 Å². The maximum absolute atomic E-state index is 5.47. The largest absolute Gasteiger partial charge is 0.454 e. The molecule has 0 radical (unpaired) electrons. The molecule has 0 amide bonds. The molecule has 2 aromatic heterocycles. The number of H-pyrrole nitrogens is 1. The van der Waals surface area contributed by atoms with Crippen molar-refractivity contribution in [3.05, 3.63) is 48.4 Å². The van der Waals surface area contributed by atoms with E-state index in [1.807, 2.05) is 41.3 Å². The lowest BCUT2D eigenvalue weighted by molar-refractivity contribution is 0.174. The molecule has 25 heavy (non-hydrogen) atoms. The smallest absolute Gasteiger partial charge is 0.231 e. The molecule has 1 aliphatic heterocycles. The van der Waals surface area contributed by atoms with Gasteiger partial charge in [-0.3, -0.25) is 9.78 Å². The zero-order valence-electron chi connectivity index (χ0n) is 14.3. The van der Waals surface area contributed by atoms with Crippen molar-refractivity contribution < 1.29 is 9.47 Å². The predicted octanol–water partition coefficient (Wildman–Crippen LogP) is 2.74. The Labute approximate surface area is 146 Å². The SMILES string of the molecule is CC(NCc1cn[nH]c1-c1ccc2c(c1)OCO2)C(C)n1cccn1. The summed E-state index contributed by atoms with van der Waals surface area (Å²) in [5.74, 6) is 1.55. The third kappa shape index (κ3) is 3.10. The van der Waals surface area contributed by atoms with E-state index in [-0.39, 0.29) is 18.9 Å². The Hall–Kier alpha value is -2.80. The van der Waals surface area contributed by atoms with Crippen molar-refractivity contribution >= 4 is 0 Å². The molecule has 4 rings (SSSR count). The summed E-state index contributed by atoms with van der Waals surface area (Å²) in [6.45, 7) is 5.30. The Bertz CT molecular complexity index is 843. The Morgan fingerprint density at radius 1 is 1.28 bits per heavy atom. The van der Waals surface area contributed by atoms with Crippen molar-refractivity contribution in [2.24, 2.45) is 0 Å². The van der Waals surface area contributed by atoms with Crippen LogP contribution in [0.25, 0.3) is 11.3 Å². The number of nitrogens with zero attached hydrogens (tertiary/aromatic N) is 3. The van der Waals surface area contributed by atoms with Crippen molar-refractivity contribution in [3.63, 3.8) is 0 Å². The zero-order chi connectivity index (χ0) is 17.2. The average Bonchev–Trinajstić information content (AvgIpc) is 3.39.